The van der Waals surface area contributed by atoms with E-state index in [9.17, 15) is 0 Å². The second kappa shape index (κ2) is 6.37. The largest absolute Gasteiger partial charge is 0.383 e. The van der Waals surface area contributed by atoms with Crippen LogP contribution in [0.15, 0.2) is 28.8 Å². The summed E-state index contributed by atoms with van der Waals surface area (Å²) in [6, 6.07) is 8.75. The molecule has 1 aliphatic carbocycles. The lowest BCUT2D eigenvalue weighted by molar-refractivity contribution is 0.165. The third-order valence-corrected chi connectivity index (χ3v) is 4.10. The SMILES string of the molecule is CNC(COC)Cc1nc(C2Cc3ccccc3C2)no1. The molecule has 0 spiro atoms. The average molecular weight is 287 g/mol. The van der Waals surface area contributed by atoms with E-state index in [4.69, 9.17) is 9.26 Å². The molecular formula is C16H21N3O2. The molecule has 0 saturated heterocycles. The van der Waals surface area contributed by atoms with Gasteiger partial charge in [0.15, 0.2) is 5.82 Å². The Labute approximate surface area is 124 Å². The number of methoxy groups -OCH3 is 1. The summed E-state index contributed by atoms with van der Waals surface area (Å²) in [6.45, 7) is 0.628. The predicted octanol–water partition coefficient (Wildman–Crippen LogP) is 1.73. The van der Waals surface area contributed by atoms with Crippen molar-refractivity contribution >= 4 is 0 Å². The molecule has 2 aromatic rings. The van der Waals surface area contributed by atoms with Crippen molar-refractivity contribution in [3.8, 4) is 0 Å². The first-order valence-corrected chi connectivity index (χ1v) is 7.35. The van der Waals surface area contributed by atoms with E-state index in [1.165, 1.54) is 11.1 Å². The second-order valence-electron chi connectivity index (χ2n) is 5.57. The molecule has 1 aromatic carbocycles. The Balaban J connectivity index is 1.66. The summed E-state index contributed by atoms with van der Waals surface area (Å²) in [5.74, 6) is 1.85. The predicted molar refractivity (Wildman–Crippen MR) is 79.3 cm³/mol. The van der Waals surface area contributed by atoms with Gasteiger partial charge in [0, 0.05) is 25.5 Å². The Bertz CT molecular complexity index is 572. The maximum absolute atomic E-state index is 5.40. The second-order valence-corrected chi connectivity index (χ2v) is 5.57. The molecule has 3 rings (SSSR count). The molecular weight excluding hydrogens is 266 g/mol. The van der Waals surface area contributed by atoms with Crippen LogP contribution in [-0.2, 0) is 24.0 Å². The van der Waals surface area contributed by atoms with Crippen molar-refractivity contribution in [3.05, 3.63) is 47.1 Å². The van der Waals surface area contributed by atoms with Crippen molar-refractivity contribution in [1.82, 2.24) is 15.5 Å². The molecule has 0 amide bonds. The maximum atomic E-state index is 5.40. The molecule has 112 valence electrons. The van der Waals surface area contributed by atoms with Gasteiger partial charge in [-0.3, -0.25) is 0 Å². The highest BCUT2D eigenvalue weighted by molar-refractivity contribution is 5.34. The Morgan fingerprint density at radius 1 is 1.33 bits per heavy atom. The summed E-state index contributed by atoms with van der Waals surface area (Å²) in [7, 11) is 3.61. The summed E-state index contributed by atoms with van der Waals surface area (Å²) in [5, 5.41) is 7.37. The van der Waals surface area contributed by atoms with E-state index in [0.29, 0.717) is 24.8 Å². The van der Waals surface area contributed by atoms with Crippen LogP contribution in [0.3, 0.4) is 0 Å². The summed E-state index contributed by atoms with van der Waals surface area (Å²) >= 11 is 0. The topological polar surface area (TPSA) is 60.2 Å². The Kier molecular flexibility index (Phi) is 4.31. The lowest BCUT2D eigenvalue weighted by atomic mass is 10.1. The van der Waals surface area contributed by atoms with Gasteiger partial charge in [0.05, 0.1) is 6.61 Å². The molecule has 0 radical (unpaired) electrons. The van der Waals surface area contributed by atoms with Crippen LogP contribution in [-0.4, -0.2) is 36.9 Å². The minimum Gasteiger partial charge on any atom is -0.383 e. The summed E-state index contributed by atoms with van der Waals surface area (Å²) in [5.41, 5.74) is 2.81. The van der Waals surface area contributed by atoms with Crippen LogP contribution in [0.5, 0.6) is 0 Å². The van der Waals surface area contributed by atoms with Crippen molar-refractivity contribution in [1.29, 1.82) is 0 Å². The van der Waals surface area contributed by atoms with Gasteiger partial charge >= 0.3 is 0 Å². The van der Waals surface area contributed by atoms with Gasteiger partial charge in [-0.05, 0) is 31.0 Å². The number of rotatable bonds is 6. The highest BCUT2D eigenvalue weighted by atomic mass is 16.5. The molecule has 1 atom stereocenters. The van der Waals surface area contributed by atoms with Gasteiger partial charge in [-0.1, -0.05) is 29.4 Å². The number of likely N-dealkylation sites (N-methyl/N-ethyl adjacent to an activating group) is 1. The van der Waals surface area contributed by atoms with Crippen LogP contribution in [0.1, 0.15) is 28.8 Å². The zero-order valence-electron chi connectivity index (χ0n) is 12.5. The van der Waals surface area contributed by atoms with E-state index in [-0.39, 0.29) is 6.04 Å². The molecule has 1 aromatic heterocycles. The van der Waals surface area contributed by atoms with Gasteiger partial charge < -0.3 is 14.6 Å². The molecule has 0 fully saturated rings. The molecule has 21 heavy (non-hydrogen) atoms. The minimum atomic E-state index is 0.198. The zero-order valence-corrected chi connectivity index (χ0v) is 12.5. The van der Waals surface area contributed by atoms with E-state index in [1.54, 1.807) is 7.11 Å². The number of aromatic nitrogens is 2. The van der Waals surface area contributed by atoms with Crippen LogP contribution in [0.4, 0.5) is 0 Å². The maximum Gasteiger partial charge on any atom is 0.228 e. The van der Waals surface area contributed by atoms with Gasteiger partial charge in [0.25, 0.3) is 0 Å². The molecule has 1 unspecified atom stereocenters. The van der Waals surface area contributed by atoms with E-state index < -0.39 is 0 Å². The van der Waals surface area contributed by atoms with Crippen molar-refractivity contribution in [3.63, 3.8) is 0 Å². The first-order valence-electron chi connectivity index (χ1n) is 7.35. The monoisotopic (exact) mass is 287 g/mol. The van der Waals surface area contributed by atoms with Gasteiger partial charge in [-0.2, -0.15) is 4.98 Å². The van der Waals surface area contributed by atoms with Gasteiger partial charge in [-0.15, -0.1) is 0 Å². The number of nitrogens with one attached hydrogen (secondary N) is 1. The zero-order chi connectivity index (χ0) is 14.7. The lowest BCUT2D eigenvalue weighted by Crippen LogP contribution is -2.32. The fourth-order valence-corrected chi connectivity index (χ4v) is 2.91. The number of hydrogen-bond acceptors (Lipinski definition) is 5. The van der Waals surface area contributed by atoms with Crippen LogP contribution in [0.25, 0.3) is 0 Å². The number of hydrogen-bond donors (Lipinski definition) is 1. The summed E-state index contributed by atoms with van der Waals surface area (Å²) < 4.78 is 10.6. The first-order chi connectivity index (χ1) is 10.3. The van der Waals surface area contributed by atoms with Gasteiger partial charge in [-0.25, -0.2) is 0 Å². The van der Waals surface area contributed by atoms with Crippen LogP contribution in [0, 0.1) is 0 Å². The molecule has 0 aliphatic heterocycles. The Hall–Kier alpha value is -1.72. The summed E-state index contributed by atoms with van der Waals surface area (Å²) in [4.78, 5) is 4.57. The number of fused-ring (bicyclic) bond motifs is 1. The number of nitrogens with zero attached hydrogens (tertiary/aromatic N) is 2. The molecule has 5 heteroatoms. The molecule has 0 saturated carbocycles. The Morgan fingerprint density at radius 2 is 2.05 bits per heavy atom. The number of ether oxygens (including phenoxy) is 1. The summed E-state index contributed by atoms with van der Waals surface area (Å²) in [6.07, 6.45) is 2.70. The smallest absolute Gasteiger partial charge is 0.228 e. The van der Waals surface area contributed by atoms with Crippen molar-refractivity contribution < 1.29 is 9.26 Å². The molecule has 5 nitrogen and oxygen atoms in total. The van der Waals surface area contributed by atoms with Gasteiger partial charge in [0.2, 0.25) is 5.89 Å². The highest BCUT2D eigenvalue weighted by Crippen LogP contribution is 2.32. The molecule has 1 heterocycles. The van der Waals surface area contributed by atoms with Crippen molar-refractivity contribution in [2.24, 2.45) is 0 Å². The molecule has 0 bridgehead atoms. The quantitative estimate of drug-likeness (QED) is 0.876. The van der Waals surface area contributed by atoms with E-state index in [1.807, 2.05) is 7.05 Å². The standard InChI is InChI=1S/C16H21N3O2/c1-17-14(10-20-2)9-15-18-16(19-21-15)13-7-11-5-3-4-6-12(11)8-13/h3-6,13-14,17H,7-10H2,1-2H3. The average Bonchev–Trinajstić information content (AvgIpc) is 3.12. The molecule has 1 N–H and O–H groups in total. The normalized spacial score (nSPS) is 16.1. The van der Waals surface area contributed by atoms with E-state index in [2.05, 4.69) is 39.7 Å². The third-order valence-electron chi connectivity index (χ3n) is 4.10. The molecule has 1 aliphatic rings. The van der Waals surface area contributed by atoms with Gasteiger partial charge in [0.1, 0.15) is 0 Å². The fraction of sp³-hybridized carbons (Fsp3) is 0.500. The van der Waals surface area contributed by atoms with Crippen LogP contribution >= 0.6 is 0 Å². The highest BCUT2D eigenvalue weighted by Gasteiger charge is 2.26. The minimum absolute atomic E-state index is 0.198. The van der Waals surface area contributed by atoms with Crippen molar-refractivity contribution in [2.45, 2.75) is 31.2 Å². The lowest BCUT2D eigenvalue weighted by Gasteiger charge is -2.11. The fourth-order valence-electron chi connectivity index (χ4n) is 2.91. The van der Waals surface area contributed by atoms with E-state index in [0.717, 1.165) is 18.7 Å². The van der Waals surface area contributed by atoms with Crippen LogP contribution in [0.2, 0.25) is 0 Å². The first kappa shape index (κ1) is 14.2. The van der Waals surface area contributed by atoms with E-state index >= 15 is 0 Å². The number of benzene rings is 1. The van der Waals surface area contributed by atoms with Crippen LogP contribution < -0.4 is 5.32 Å². The van der Waals surface area contributed by atoms with Crippen molar-refractivity contribution in [2.75, 3.05) is 20.8 Å². The third kappa shape index (κ3) is 3.14. The Morgan fingerprint density at radius 3 is 2.67 bits per heavy atom.